The average Bonchev–Trinajstić information content (AvgIpc) is 3.06. The van der Waals surface area contributed by atoms with E-state index in [9.17, 15) is 4.79 Å². The largest absolute Gasteiger partial charge is 0.435 e. The zero-order valence-corrected chi connectivity index (χ0v) is 12.5. The lowest BCUT2D eigenvalue weighted by Crippen LogP contribution is -2.28. The number of rotatable bonds is 4. The van der Waals surface area contributed by atoms with E-state index in [2.05, 4.69) is 20.5 Å². The fourth-order valence-electron chi connectivity index (χ4n) is 2.38. The van der Waals surface area contributed by atoms with Gasteiger partial charge in [-0.25, -0.2) is 4.98 Å². The Morgan fingerprint density at radius 1 is 1.41 bits per heavy atom. The summed E-state index contributed by atoms with van der Waals surface area (Å²) in [4.78, 5) is 16.2. The first-order chi connectivity index (χ1) is 10.8. The molecule has 1 saturated carbocycles. The van der Waals surface area contributed by atoms with Crippen LogP contribution in [0.1, 0.15) is 19.3 Å². The summed E-state index contributed by atoms with van der Waals surface area (Å²) in [5, 5.41) is 9.68. The van der Waals surface area contributed by atoms with Gasteiger partial charge in [-0.05, 0) is 25.0 Å². The van der Waals surface area contributed by atoms with Gasteiger partial charge in [0, 0.05) is 12.0 Å². The Bertz CT molecular complexity index is 822. The molecule has 1 aromatic carbocycles. The Morgan fingerprint density at radius 2 is 2.32 bits per heavy atom. The standard InChI is InChI=1S/C15H14N4O2S/c20-15(9-3-1-4-9)17-12-7-13(19-18-12)21-10-5-2-6-11-14(10)16-8-22-11/h2,5-9H,1,3-4H2,(H2,17,18,19,20). The van der Waals surface area contributed by atoms with Crippen LogP contribution in [0.15, 0.2) is 29.8 Å². The molecule has 2 heterocycles. The molecule has 22 heavy (non-hydrogen) atoms. The van der Waals surface area contributed by atoms with Gasteiger partial charge in [-0.3, -0.25) is 9.89 Å². The molecule has 0 radical (unpaired) electrons. The highest BCUT2D eigenvalue weighted by Gasteiger charge is 2.25. The van der Waals surface area contributed by atoms with Crippen LogP contribution >= 0.6 is 11.3 Å². The second-order valence-corrected chi connectivity index (χ2v) is 6.18. The van der Waals surface area contributed by atoms with Crippen molar-refractivity contribution in [3.05, 3.63) is 29.8 Å². The summed E-state index contributed by atoms with van der Waals surface area (Å²) in [5.74, 6) is 1.79. The van der Waals surface area contributed by atoms with Crippen LogP contribution in [0.5, 0.6) is 11.6 Å². The summed E-state index contributed by atoms with van der Waals surface area (Å²) in [5.41, 5.74) is 2.60. The number of nitrogens with one attached hydrogen (secondary N) is 2. The SMILES string of the molecule is O=C(Nc1cc(Oc2cccc3scnc23)n[nH]1)C1CCC1. The first-order valence-electron chi connectivity index (χ1n) is 7.16. The van der Waals surface area contributed by atoms with Crippen molar-refractivity contribution in [2.24, 2.45) is 5.92 Å². The van der Waals surface area contributed by atoms with Crippen molar-refractivity contribution < 1.29 is 9.53 Å². The molecular formula is C15H14N4O2S. The number of ether oxygens (including phenoxy) is 1. The normalized spacial score (nSPS) is 14.7. The van der Waals surface area contributed by atoms with E-state index in [0.29, 0.717) is 17.4 Å². The van der Waals surface area contributed by atoms with Gasteiger partial charge >= 0.3 is 0 Å². The molecule has 0 aliphatic heterocycles. The molecule has 0 unspecified atom stereocenters. The van der Waals surface area contributed by atoms with Crippen molar-refractivity contribution in [3.63, 3.8) is 0 Å². The van der Waals surface area contributed by atoms with E-state index in [1.807, 2.05) is 18.2 Å². The number of carbonyl (C=O) groups excluding carboxylic acids is 1. The van der Waals surface area contributed by atoms with Crippen molar-refractivity contribution in [3.8, 4) is 11.6 Å². The molecule has 0 saturated heterocycles. The van der Waals surface area contributed by atoms with Gasteiger partial charge in [0.05, 0.1) is 10.2 Å². The quantitative estimate of drug-likeness (QED) is 0.772. The first kappa shape index (κ1) is 13.3. The topological polar surface area (TPSA) is 79.9 Å². The smallest absolute Gasteiger partial charge is 0.240 e. The zero-order chi connectivity index (χ0) is 14.9. The molecule has 7 heteroatoms. The summed E-state index contributed by atoms with van der Waals surface area (Å²) >= 11 is 1.56. The number of nitrogens with zero attached hydrogens (tertiary/aromatic N) is 2. The van der Waals surface area contributed by atoms with Crippen LogP contribution in [0, 0.1) is 5.92 Å². The van der Waals surface area contributed by atoms with E-state index in [1.165, 1.54) is 0 Å². The number of thiazole rings is 1. The van der Waals surface area contributed by atoms with Crippen molar-refractivity contribution >= 4 is 33.3 Å². The van der Waals surface area contributed by atoms with Crippen LogP contribution in [-0.4, -0.2) is 21.1 Å². The van der Waals surface area contributed by atoms with E-state index >= 15 is 0 Å². The van der Waals surface area contributed by atoms with Gasteiger partial charge < -0.3 is 10.1 Å². The Hall–Kier alpha value is -2.41. The van der Waals surface area contributed by atoms with Crippen LogP contribution < -0.4 is 10.1 Å². The van der Waals surface area contributed by atoms with Gasteiger partial charge in [-0.2, -0.15) is 0 Å². The summed E-state index contributed by atoms with van der Waals surface area (Å²) in [6.45, 7) is 0. The first-order valence-corrected chi connectivity index (χ1v) is 8.04. The van der Waals surface area contributed by atoms with Crippen LogP contribution in [0.2, 0.25) is 0 Å². The van der Waals surface area contributed by atoms with Crippen molar-refractivity contribution in [2.75, 3.05) is 5.32 Å². The second-order valence-electron chi connectivity index (χ2n) is 5.29. The fourth-order valence-corrected chi connectivity index (χ4v) is 3.07. The number of aromatic amines is 1. The van der Waals surface area contributed by atoms with E-state index in [1.54, 1.807) is 22.9 Å². The van der Waals surface area contributed by atoms with E-state index < -0.39 is 0 Å². The Morgan fingerprint density at radius 3 is 3.14 bits per heavy atom. The number of fused-ring (bicyclic) bond motifs is 1. The number of benzene rings is 1. The number of amides is 1. The lowest BCUT2D eigenvalue weighted by atomic mass is 9.85. The van der Waals surface area contributed by atoms with Gasteiger partial charge in [-0.1, -0.05) is 12.5 Å². The second kappa shape index (κ2) is 5.42. The molecule has 0 bridgehead atoms. The third kappa shape index (κ3) is 2.43. The lowest BCUT2D eigenvalue weighted by Gasteiger charge is -2.23. The molecule has 3 aromatic rings. The zero-order valence-electron chi connectivity index (χ0n) is 11.7. The summed E-state index contributed by atoms with van der Waals surface area (Å²) < 4.78 is 6.83. The molecule has 6 nitrogen and oxygen atoms in total. The molecule has 1 amide bonds. The lowest BCUT2D eigenvalue weighted by molar-refractivity contribution is -0.122. The molecule has 1 aliphatic carbocycles. The third-order valence-electron chi connectivity index (χ3n) is 3.83. The Labute approximate surface area is 130 Å². The van der Waals surface area contributed by atoms with Crippen LogP contribution in [0.4, 0.5) is 5.82 Å². The molecular weight excluding hydrogens is 300 g/mol. The Balaban J connectivity index is 1.49. The predicted octanol–water partition coefficient (Wildman–Crippen LogP) is 3.55. The van der Waals surface area contributed by atoms with Crippen molar-refractivity contribution in [2.45, 2.75) is 19.3 Å². The molecule has 2 N–H and O–H groups in total. The molecule has 0 spiro atoms. The summed E-state index contributed by atoms with van der Waals surface area (Å²) in [6, 6.07) is 7.45. The highest BCUT2D eigenvalue weighted by molar-refractivity contribution is 7.16. The van der Waals surface area contributed by atoms with Crippen LogP contribution in [-0.2, 0) is 4.79 Å². The maximum absolute atomic E-state index is 11.9. The minimum Gasteiger partial charge on any atom is -0.435 e. The van der Waals surface area contributed by atoms with Gasteiger partial charge in [0.25, 0.3) is 0 Å². The van der Waals surface area contributed by atoms with Gasteiger partial charge in [0.2, 0.25) is 11.8 Å². The molecule has 4 rings (SSSR count). The number of hydrogen-bond donors (Lipinski definition) is 2. The molecule has 1 aliphatic rings. The highest BCUT2D eigenvalue weighted by Crippen LogP contribution is 2.31. The van der Waals surface area contributed by atoms with Gasteiger partial charge in [-0.15, -0.1) is 16.4 Å². The highest BCUT2D eigenvalue weighted by atomic mass is 32.1. The number of H-pyrrole nitrogens is 1. The summed E-state index contributed by atoms with van der Waals surface area (Å²) in [7, 11) is 0. The Kier molecular flexibility index (Phi) is 3.27. The monoisotopic (exact) mass is 314 g/mol. The number of carbonyl (C=O) groups is 1. The number of anilines is 1. The van der Waals surface area contributed by atoms with Gasteiger partial charge in [0.15, 0.2) is 5.75 Å². The molecule has 0 atom stereocenters. The minimum atomic E-state index is 0.0445. The predicted molar refractivity (Wildman–Crippen MR) is 84.3 cm³/mol. The van der Waals surface area contributed by atoms with Gasteiger partial charge in [0.1, 0.15) is 11.3 Å². The van der Waals surface area contributed by atoms with E-state index in [4.69, 9.17) is 4.74 Å². The molecule has 2 aromatic heterocycles. The summed E-state index contributed by atoms with van der Waals surface area (Å²) in [6.07, 6.45) is 3.07. The number of hydrogen-bond acceptors (Lipinski definition) is 5. The maximum atomic E-state index is 11.9. The number of aromatic nitrogens is 3. The molecule has 1 fully saturated rings. The van der Waals surface area contributed by atoms with Crippen molar-refractivity contribution in [1.29, 1.82) is 0 Å². The number of para-hydroxylation sites is 1. The minimum absolute atomic E-state index is 0.0445. The van der Waals surface area contributed by atoms with E-state index in [-0.39, 0.29) is 11.8 Å². The average molecular weight is 314 g/mol. The van der Waals surface area contributed by atoms with Crippen LogP contribution in [0.25, 0.3) is 10.2 Å². The maximum Gasteiger partial charge on any atom is 0.240 e. The molecule has 112 valence electrons. The van der Waals surface area contributed by atoms with Crippen LogP contribution in [0.3, 0.4) is 0 Å². The fraction of sp³-hybridized carbons (Fsp3) is 0.267. The third-order valence-corrected chi connectivity index (χ3v) is 4.62. The van der Waals surface area contributed by atoms with Crippen molar-refractivity contribution in [1.82, 2.24) is 15.2 Å². The van der Waals surface area contributed by atoms with E-state index in [0.717, 1.165) is 29.5 Å².